The minimum absolute atomic E-state index is 0.0611. The number of hydrogen-bond acceptors (Lipinski definition) is 3. The van der Waals surface area contributed by atoms with Crippen LogP contribution in [0.2, 0.25) is 0 Å². The highest BCUT2D eigenvalue weighted by Crippen LogP contribution is 2.23. The molecule has 0 N–H and O–H groups in total. The molecule has 0 aliphatic carbocycles. The second kappa shape index (κ2) is 5.53. The van der Waals surface area contributed by atoms with Gasteiger partial charge in [-0.2, -0.15) is 0 Å². The Morgan fingerprint density at radius 2 is 2.06 bits per heavy atom. The van der Waals surface area contributed by atoms with Crippen LogP contribution >= 0.6 is 0 Å². The maximum atomic E-state index is 11.7. The number of likely N-dealkylation sites (tertiary alicyclic amines) is 1. The van der Waals surface area contributed by atoms with Crippen LogP contribution in [0.3, 0.4) is 0 Å². The van der Waals surface area contributed by atoms with E-state index in [1.54, 1.807) is 0 Å². The van der Waals surface area contributed by atoms with Gasteiger partial charge in [0.25, 0.3) is 0 Å². The number of aryl methyl sites for hydroxylation is 2. The van der Waals surface area contributed by atoms with Crippen LogP contribution in [0.15, 0.2) is 18.2 Å². The molecule has 1 aliphatic rings. The quantitative estimate of drug-likeness (QED) is 0.768. The van der Waals surface area contributed by atoms with Crippen molar-refractivity contribution in [2.45, 2.75) is 39.3 Å². The van der Waals surface area contributed by atoms with Gasteiger partial charge in [0.1, 0.15) is 6.04 Å². The molecule has 2 rings (SSSR count). The molecule has 1 atom stereocenters. The maximum absolute atomic E-state index is 11.7. The SMILES string of the molecule is COC(=O)C1CCCN1Cc1c(C)cccc1C. The van der Waals surface area contributed by atoms with Gasteiger partial charge in [0.05, 0.1) is 7.11 Å². The number of rotatable bonds is 3. The molecular formula is C15H21NO2. The highest BCUT2D eigenvalue weighted by atomic mass is 16.5. The zero-order chi connectivity index (χ0) is 13.1. The van der Waals surface area contributed by atoms with Crippen molar-refractivity contribution < 1.29 is 9.53 Å². The van der Waals surface area contributed by atoms with Crippen molar-refractivity contribution in [2.24, 2.45) is 0 Å². The van der Waals surface area contributed by atoms with Crippen molar-refractivity contribution in [3.05, 3.63) is 34.9 Å². The molecule has 0 amide bonds. The summed E-state index contributed by atoms with van der Waals surface area (Å²) in [6.07, 6.45) is 1.99. The fraction of sp³-hybridized carbons (Fsp3) is 0.533. The molecule has 1 unspecified atom stereocenters. The molecular weight excluding hydrogens is 226 g/mol. The lowest BCUT2D eigenvalue weighted by atomic mass is 10.0. The van der Waals surface area contributed by atoms with Crippen molar-refractivity contribution in [3.63, 3.8) is 0 Å². The maximum Gasteiger partial charge on any atom is 0.323 e. The first-order valence-electron chi connectivity index (χ1n) is 6.50. The summed E-state index contributed by atoms with van der Waals surface area (Å²) in [5.74, 6) is -0.0984. The predicted molar refractivity (Wildman–Crippen MR) is 71.4 cm³/mol. The van der Waals surface area contributed by atoms with Gasteiger partial charge in [-0.1, -0.05) is 18.2 Å². The molecule has 1 aliphatic heterocycles. The molecule has 3 nitrogen and oxygen atoms in total. The van der Waals surface area contributed by atoms with Gasteiger partial charge in [0.15, 0.2) is 0 Å². The Bertz CT molecular complexity index is 422. The molecule has 0 radical (unpaired) electrons. The van der Waals surface area contributed by atoms with E-state index in [1.165, 1.54) is 23.8 Å². The first kappa shape index (κ1) is 13.1. The second-order valence-electron chi connectivity index (χ2n) is 5.02. The summed E-state index contributed by atoms with van der Waals surface area (Å²) in [7, 11) is 1.47. The molecule has 1 saturated heterocycles. The van der Waals surface area contributed by atoms with Crippen molar-refractivity contribution in [1.29, 1.82) is 0 Å². The number of ether oxygens (including phenoxy) is 1. The van der Waals surface area contributed by atoms with Gasteiger partial charge in [-0.3, -0.25) is 9.69 Å². The molecule has 0 spiro atoms. The fourth-order valence-corrected chi connectivity index (χ4v) is 2.72. The third-order valence-electron chi connectivity index (χ3n) is 3.84. The fourth-order valence-electron chi connectivity index (χ4n) is 2.72. The minimum atomic E-state index is -0.0984. The summed E-state index contributed by atoms with van der Waals surface area (Å²) in [6, 6.07) is 6.28. The van der Waals surface area contributed by atoms with Crippen molar-refractivity contribution in [3.8, 4) is 0 Å². The highest BCUT2D eigenvalue weighted by Gasteiger charge is 2.31. The molecule has 1 heterocycles. The van der Waals surface area contributed by atoms with E-state index in [0.717, 1.165) is 25.9 Å². The van der Waals surface area contributed by atoms with Gasteiger partial charge in [-0.05, 0) is 49.9 Å². The van der Waals surface area contributed by atoms with Gasteiger partial charge in [-0.15, -0.1) is 0 Å². The molecule has 18 heavy (non-hydrogen) atoms. The van der Waals surface area contributed by atoms with E-state index in [-0.39, 0.29) is 12.0 Å². The Labute approximate surface area is 109 Å². The van der Waals surface area contributed by atoms with E-state index in [2.05, 4.69) is 36.9 Å². The van der Waals surface area contributed by atoms with Crippen LogP contribution < -0.4 is 0 Å². The number of esters is 1. The number of hydrogen-bond donors (Lipinski definition) is 0. The molecule has 3 heteroatoms. The van der Waals surface area contributed by atoms with E-state index < -0.39 is 0 Å². The van der Waals surface area contributed by atoms with E-state index >= 15 is 0 Å². The Kier molecular flexibility index (Phi) is 4.02. The van der Waals surface area contributed by atoms with Crippen LogP contribution in [-0.4, -0.2) is 30.6 Å². The molecule has 1 aromatic carbocycles. The number of benzene rings is 1. The zero-order valence-corrected chi connectivity index (χ0v) is 11.4. The van der Waals surface area contributed by atoms with Crippen molar-refractivity contribution >= 4 is 5.97 Å². The van der Waals surface area contributed by atoms with Crippen LogP contribution in [0.5, 0.6) is 0 Å². The predicted octanol–water partition coefficient (Wildman–Crippen LogP) is 2.44. The van der Waals surface area contributed by atoms with Crippen LogP contribution in [0.25, 0.3) is 0 Å². The number of nitrogens with zero attached hydrogens (tertiary/aromatic N) is 1. The summed E-state index contributed by atoms with van der Waals surface area (Å²) < 4.78 is 4.88. The lowest BCUT2D eigenvalue weighted by molar-refractivity contribution is -0.146. The summed E-state index contributed by atoms with van der Waals surface area (Å²) in [4.78, 5) is 14.0. The lowest BCUT2D eigenvalue weighted by Gasteiger charge is -2.24. The summed E-state index contributed by atoms with van der Waals surface area (Å²) in [6.45, 7) is 6.09. The Hall–Kier alpha value is -1.35. The van der Waals surface area contributed by atoms with Gasteiger partial charge in [0, 0.05) is 6.54 Å². The standard InChI is InChI=1S/C15H21NO2/c1-11-6-4-7-12(2)13(11)10-16-9-5-8-14(16)15(17)18-3/h4,6-7,14H,5,8-10H2,1-3H3. The minimum Gasteiger partial charge on any atom is -0.468 e. The van der Waals surface area contributed by atoms with Gasteiger partial charge in [0.2, 0.25) is 0 Å². The van der Waals surface area contributed by atoms with E-state index in [9.17, 15) is 4.79 Å². The lowest BCUT2D eigenvalue weighted by Crippen LogP contribution is -2.36. The summed E-state index contributed by atoms with van der Waals surface area (Å²) >= 11 is 0. The van der Waals surface area contributed by atoms with E-state index in [4.69, 9.17) is 4.74 Å². The molecule has 0 bridgehead atoms. The van der Waals surface area contributed by atoms with E-state index in [1.807, 2.05) is 0 Å². The molecule has 98 valence electrons. The number of methoxy groups -OCH3 is 1. The van der Waals surface area contributed by atoms with Crippen molar-refractivity contribution in [2.75, 3.05) is 13.7 Å². The Morgan fingerprint density at radius 3 is 2.67 bits per heavy atom. The van der Waals surface area contributed by atoms with Gasteiger partial charge < -0.3 is 4.74 Å². The highest BCUT2D eigenvalue weighted by molar-refractivity contribution is 5.76. The molecule has 0 aromatic heterocycles. The Morgan fingerprint density at radius 1 is 1.39 bits per heavy atom. The first-order chi connectivity index (χ1) is 8.63. The average molecular weight is 247 g/mol. The van der Waals surface area contributed by atoms with Crippen molar-refractivity contribution in [1.82, 2.24) is 4.90 Å². The van der Waals surface area contributed by atoms with Crippen LogP contribution in [0.1, 0.15) is 29.5 Å². The zero-order valence-electron chi connectivity index (χ0n) is 11.4. The molecule has 1 aromatic rings. The molecule has 0 saturated carbocycles. The Balaban J connectivity index is 2.16. The summed E-state index contributed by atoms with van der Waals surface area (Å²) in [5, 5.41) is 0. The van der Waals surface area contributed by atoms with Gasteiger partial charge >= 0.3 is 5.97 Å². The van der Waals surface area contributed by atoms with E-state index in [0.29, 0.717) is 0 Å². The van der Waals surface area contributed by atoms with Crippen LogP contribution in [0, 0.1) is 13.8 Å². The first-order valence-corrected chi connectivity index (χ1v) is 6.50. The topological polar surface area (TPSA) is 29.5 Å². The second-order valence-corrected chi connectivity index (χ2v) is 5.02. The van der Waals surface area contributed by atoms with Gasteiger partial charge in [-0.25, -0.2) is 0 Å². The monoisotopic (exact) mass is 247 g/mol. The smallest absolute Gasteiger partial charge is 0.323 e. The summed E-state index contributed by atoms with van der Waals surface area (Å²) in [5.41, 5.74) is 3.93. The van der Waals surface area contributed by atoms with Crippen LogP contribution in [-0.2, 0) is 16.1 Å². The number of carbonyl (C=O) groups is 1. The number of carbonyl (C=O) groups excluding carboxylic acids is 1. The average Bonchev–Trinajstić information content (AvgIpc) is 2.81. The third kappa shape index (κ3) is 2.56. The third-order valence-corrected chi connectivity index (χ3v) is 3.84. The van der Waals surface area contributed by atoms with Crippen LogP contribution in [0.4, 0.5) is 0 Å². The normalized spacial score (nSPS) is 20.1. The largest absolute Gasteiger partial charge is 0.468 e. The molecule has 1 fully saturated rings.